The van der Waals surface area contributed by atoms with Crippen molar-refractivity contribution in [3.05, 3.63) is 109 Å². The maximum atomic E-state index is 4.97. The molecule has 3 aromatic heterocycles. The number of hydrogen-bond donors (Lipinski definition) is 1. The van der Waals surface area contributed by atoms with E-state index in [2.05, 4.69) is 104 Å². The Balaban J connectivity index is 1.18. The number of aromatic nitrogens is 5. The molecule has 0 atom stereocenters. The summed E-state index contributed by atoms with van der Waals surface area (Å²) in [6, 6.07) is 33.3. The van der Waals surface area contributed by atoms with Gasteiger partial charge in [-0.25, -0.2) is 14.5 Å². The number of rotatable bonds is 8. The molecule has 0 unspecified atom stereocenters. The molecule has 0 fully saturated rings. The third-order valence-corrected chi connectivity index (χ3v) is 7.01. The van der Waals surface area contributed by atoms with Gasteiger partial charge in [0.1, 0.15) is 0 Å². The Morgan fingerprint density at radius 1 is 0.743 bits per heavy atom. The van der Waals surface area contributed by atoms with Crippen molar-refractivity contribution >= 4 is 17.4 Å². The summed E-state index contributed by atoms with van der Waals surface area (Å²) >= 11 is 1.77. The average molecular weight is 476 g/mol. The molecule has 0 bridgehead atoms. The molecule has 35 heavy (non-hydrogen) atoms. The summed E-state index contributed by atoms with van der Waals surface area (Å²) in [5, 5.41) is 0.952. The highest BCUT2D eigenvalue weighted by molar-refractivity contribution is 7.99. The van der Waals surface area contributed by atoms with Gasteiger partial charge in [-0.3, -0.25) is 4.68 Å². The van der Waals surface area contributed by atoms with E-state index in [9.17, 15) is 0 Å². The van der Waals surface area contributed by atoms with Gasteiger partial charge in [-0.1, -0.05) is 103 Å². The normalized spacial score (nSPS) is 11.3. The third-order valence-electron chi connectivity index (χ3n) is 6.05. The first-order valence-electron chi connectivity index (χ1n) is 11.8. The number of fused-ring (bicyclic) bond motifs is 1. The zero-order valence-electron chi connectivity index (χ0n) is 19.2. The summed E-state index contributed by atoms with van der Waals surface area (Å²) in [6.07, 6.45) is 5.09. The Morgan fingerprint density at radius 3 is 2.11 bits per heavy atom. The molecule has 0 radical (unpaired) electrons. The van der Waals surface area contributed by atoms with Gasteiger partial charge in [0.15, 0.2) is 10.8 Å². The van der Waals surface area contributed by atoms with Gasteiger partial charge in [-0.15, -0.1) is 0 Å². The number of nitrogens with one attached hydrogen (secondary N) is 1. The largest absolute Gasteiger partial charge is 0.332 e. The van der Waals surface area contributed by atoms with Crippen LogP contribution in [0.25, 0.3) is 39.4 Å². The smallest absolute Gasteiger partial charge is 0.166 e. The summed E-state index contributed by atoms with van der Waals surface area (Å²) in [5.41, 5.74) is 7.60. The molecule has 0 aliphatic heterocycles. The van der Waals surface area contributed by atoms with E-state index in [4.69, 9.17) is 4.98 Å². The van der Waals surface area contributed by atoms with E-state index in [0.29, 0.717) is 0 Å². The van der Waals surface area contributed by atoms with Crippen molar-refractivity contribution in [1.82, 2.24) is 24.1 Å². The number of imidazole rings is 2. The summed E-state index contributed by atoms with van der Waals surface area (Å²) in [4.78, 5) is 13.1. The molecule has 0 aliphatic carbocycles. The standard InChI is InChI=1S/C29H25N5S/c1-4-11-22(12-5-1)25-21-30-26-17-19-33(34(25)26)18-10-20-35-29-31-27(23-13-6-2-7-14-23)28(32-29)24-15-8-3-9-16-24/h1-9,11-17,19,21H,10,18,20H2,(H,31,32). The minimum absolute atomic E-state index is 0.907. The Hall–Kier alpha value is -4.03. The maximum absolute atomic E-state index is 4.97. The van der Waals surface area contributed by atoms with Crippen LogP contribution in [0.15, 0.2) is 115 Å². The fourth-order valence-electron chi connectivity index (χ4n) is 4.38. The number of thioether (sulfide) groups is 1. The molecule has 3 aromatic carbocycles. The van der Waals surface area contributed by atoms with Gasteiger partial charge in [0.25, 0.3) is 0 Å². The van der Waals surface area contributed by atoms with E-state index < -0.39 is 0 Å². The summed E-state index contributed by atoms with van der Waals surface area (Å²) < 4.78 is 4.45. The molecule has 5 nitrogen and oxygen atoms in total. The van der Waals surface area contributed by atoms with Crippen LogP contribution in [-0.2, 0) is 6.54 Å². The number of hydrogen-bond acceptors (Lipinski definition) is 3. The Bertz CT molecular complexity index is 1470. The van der Waals surface area contributed by atoms with Crippen LogP contribution in [0.3, 0.4) is 0 Å². The first-order valence-corrected chi connectivity index (χ1v) is 12.8. The number of aryl methyl sites for hydroxylation is 1. The van der Waals surface area contributed by atoms with Gasteiger partial charge in [-0.05, 0) is 6.42 Å². The Labute approximate surface area is 208 Å². The molecular weight excluding hydrogens is 450 g/mol. The number of H-pyrrole nitrogens is 1. The number of benzene rings is 3. The van der Waals surface area contributed by atoms with Crippen molar-refractivity contribution < 1.29 is 0 Å². The molecule has 6 aromatic rings. The monoisotopic (exact) mass is 475 g/mol. The SMILES string of the molecule is c1ccc(-c2nc(SCCCn3ccc4ncc(-c5ccccc5)n43)[nH]c2-c2ccccc2)cc1. The number of nitrogens with zero attached hydrogens (tertiary/aromatic N) is 4. The third kappa shape index (κ3) is 4.40. The minimum atomic E-state index is 0.907. The van der Waals surface area contributed by atoms with Crippen LogP contribution in [0.4, 0.5) is 0 Å². The second-order valence-electron chi connectivity index (χ2n) is 8.36. The fourth-order valence-corrected chi connectivity index (χ4v) is 5.17. The maximum Gasteiger partial charge on any atom is 0.166 e. The van der Waals surface area contributed by atoms with Gasteiger partial charge in [0.05, 0.1) is 23.3 Å². The van der Waals surface area contributed by atoms with Crippen molar-refractivity contribution in [2.45, 2.75) is 18.1 Å². The molecule has 6 heteroatoms. The van der Waals surface area contributed by atoms with E-state index in [1.807, 2.05) is 24.4 Å². The van der Waals surface area contributed by atoms with E-state index in [0.717, 1.165) is 57.7 Å². The second kappa shape index (κ2) is 9.68. The van der Waals surface area contributed by atoms with Crippen LogP contribution >= 0.6 is 11.8 Å². The molecule has 3 heterocycles. The molecule has 1 N–H and O–H groups in total. The summed E-state index contributed by atoms with van der Waals surface area (Å²) in [7, 11) is 0. The molecule has 0 spiro atoms. The van der Waals surface area contributed by atoms with Crippen molar-refractivity contribution in [1.29, 1.82) is 0 Å². The average Bonchev–Trinajstić information content (AvgIpc) is 3.64. The minimum Gasteiger partial charge on any atom is -0.332 e. The van der Waals surface area contributed by atoms with E-state index in [1.54, 1.807) is 11.8 Å². The molecule has 0 amide bonds. The van der Waals surface area contributed by atoms with Crippen LogP contribution in [0.1, 0.15) is 6.42 Å². The highest BCUT2D eigenvalue weighted by Crippen LogP contribution is 2.32. The first kappa shape index (κ1) is 21.5. The lowest BCUT2D eigenvalue weighted by Gasteiger charge is -2.08. The molecular formula is C29H25N5S. The lowest BCUT2D eigenvalue weighted by Crippen LogP contribution is -2.06. The number of aromatic amines is 1. The van der Waals surface area contributed by atoms with E-state index in [-0.39, 0.29) is 0 Å². The molecule has 172 valence electrons. The molecule has 0 saturated heterocycles. The van der Waals surface area contributed by atoms with Crippen LogP contribution in [0.5, 0.6) is 0 Å². The molecule has 6 rings (SSSR count). The van der Waals surface area contributed by atoms with Crippen LogP contribution in [-0.4, -0.2) is 29.9 Å². The van der Waals surface area contributed by atoms with Crippen molar-refractivity contribution in [3.8, 4) is 33.8 Å². The predicted octanol–water partition coefficient (Wildman–Crippen LogP) is 7.04. The highest BCUT2D eigenvalue weighted by Gasteiger charge is 2.14. The predicted molar refractivity (Wildman–Crippen MR) is 143 cm³/mol. The van der Waals surface area contributed by atoms with Gasteiger partial charge in [0, 0.05) is 41.3 Å². The van der Waals surface area contributed by atoms with Crippen LogP contribution < -0.4 is 0 Å². The fraction of sp³-hybridized carbons (Fsp3) is 0.103. The van der Waals surface area contributed by atoms with Crippen LogP contribution in [0, 0.1) is 0 Å². The van der Waals surface area contributed by atoms with E-state index in [1.165, 1.54) is 5.56 Å². The Morgan fingerprint density at radius 2 is 1.40 bits per heavy atom. The van der Waals surface area contributed by atoms with E-state index >= 15 is 0 Å². The van der Waals surface area contributed by atoms with Crippen molar-refractivity contribution in [2.24, 2.45) is 0 Å². The quantitative estimate of drug-likeness (QED) is 0.190. The van der Waals surface area contributed by atoms with Crippen LogP contribution in [0.2, 0.25) is 0 Å². The lowest BCUT2D eigenvalue weighted by atomic mass is 10.1. The lowest BCUT2D eigenvalue weighted by molar-refractivity contribution is 0.576. The second-order valence-corrected chi connectivity index (χ2v) is 9.44. The zero-order valence-corrected chi connectivity index (χ0v) is 20.0. The summed E-state index contributed by atoms with van der Waals surface area (Å²) in [6.45, 7) is 0.907. The topological polar surface area (TPSA) is 50.9 Å². The van der Waals surface area contributed by atoms with Crippen molar-refractivity contribution in [3.63, 3.8) is 0 Å². The summed E-state index contributed by atoms with van der Waals surface area (Å²) in [5.74, 6) is 0.963. The van der Waals surface area contributed by atoms with Crippen molar-refractivity contribution in [2.75, 3.05) is 5.75 Å². The molecule has 0 saturated carbocycles. The Kier molecular flexibility index (Phi) is 5.95. The van der Waals surface area contributed by atoms with Gasteiger partial charge < -0.3 is 4.98 Å². The van der Waals surface area contributed by atoms with Gasteiger partial charge in [0.2, 0.25) is 0 Å². The first-order chi connectivity index (χ1) is 17.4. The highest BCUT2D eigenvalue weighted by atomic mass is 32.2. The van der Waals surface area contributed by atoms with Gasteiger partial charge in [-0.2, -0.15) is 0 Å². The van der Waals surface area contributed by atoms with Gasteiger partial charge >= 0.3 is 0 Å². The zero-order chi connectivity index (χ0) is 23.5. The molecule has 0 aliphatic rings.